The maximum atomic E-state index is 10.4. The smallest absolute Gasteiger partial charge is 0.113 e. The first-order chi connectivity index (χ1) is 14.5. The molecule has 0 amide bonds. The van der Waals surface area contributed by atoms with E-state index >= 15 is 0 Å². The van der Waals surface area contributed by atoms with Crippen molar-refractivity contribution < 1.29 is 25.2 Å². The monoisotopic (exact) mass is 426 g/mol. The summed E-state index contributed by atoms with van der Waals surface area (Å²) in [4.78, 5) is 2.44. The first kappa shape index (κ1) is 21.2. The van der Waals surface area contributed by atoms with Gasteiger partial charge in [0.2, 0.25) is 0 Å². The van der Waals surface area contributed by atoms with Crippen molar-refractivity contribution in [2.45, 2.75) is 43.9 Å². The molecule has 3 aromatic rings. The van der Waals surface area contributed by atoms with Crippen LogP contribution in [0.15, 0.2) is 60.7 Å². The van der Waals surface area contributed by atoms with E-state index in [-0.39, 0.29) is 0 Å². The van der Waals surface area contributed by atoms with Crippen LogP contribution in [0.5, 0.6) is 0 Å². The van der Waals surface area contributed by atoms with Crippen molar-refractivity contribution >= 4 is 11.3 Å². The fraction of sp³-hybridized carbons (Fsp3) is 0.333. The number of benzene rings is 2. The first-order valence-corrected chi connectivity index (χ1v) is 10.8. The van der Waals surface area contributed by atoms with Gasteiger partial charge in [0.05, 0.1) is 6.61 Å². The molecule has 1 aromatic heterocycles. The van der Waals surface area contributed by atoms with Gasteiger partial charge in [0.1, 0.15) is 30.5 Å². The molecule has 1 saturated heterocycles. The molecule has 2 heterocycles. The van der Waals surface area contributed by atoms with Crippen molar-refractivity contribution in [1.82, 2.24) is 0 Å². The van der Waals surface area contributed by atoms with Gasteiger partial charge < -0.3 is 25.2 Å². The average Bonchev–Trinajstić information content (AvgIpc) is 3.23. The molecule has 0 aliphatic carbocycles. The Kier molecular flexibility index (Phi) is 6.34. The van der Waals surface area contributed by atoms with Crippen LogP contribution in [0.3, 0.4) is 0 Å². The fourth-order valence-electron chi connectivity index (χ4n) is 3.85. The summed E-state index contributed by atoms with van der Waals surface area (Å²) in [5.41, 5.74) is 4.14. The molecule has 1 fully saturated rings. The summed E-state index contributed by atoms with van der Waals surface area (Å²) in [5, 5.41) is 40.0. The van der Waals surface area contributed by atoms with Crippen LogP contribution in [0.25, 0.3) is 10.4 Å². The summed E-state index contributed by atoms with van der Waals surface area (Å²) < 4.78 is 5.72. The predicted octanol–water partition coefficient (Wildman–Crippen LogP) is 2.83. The lowest BCUT2D eigenvalue weighted by Crippen LogP contribution is -2.55. The zero-order valence-electron chi connectivity index (χ0n) is 16.7. The predicted molar refractivity (Wildman–Crippen MR) is 116 cm³/mol. The van der Waals surface area contributed by atoms with Crippen molar-refractivity contribution in [1.29, 1.82) is 0 Å². The highest BCUT2D eigenvalue weighted by Gasteiger charge is 2.43. The van der Waals surface area contributed by atoms with Crippen molar-refractivity contribution in [2.75, 3.05) is 6.61 Å². The second kappa shape index (κ2) is 8.98. The molecular weight excluding hydrogens is 400 g/mol. The summed E-state index contributed by atoms with van der Waals surface area (Å²) in [6.07, 6.45) is -4.99. The second-order valence-corrected chi connectivity index (χ2v) is 8.91. The Hall–Kier alpha value is -2.06. The van der Waals surface area contributed by atoms with E-state index < -0.39 is 37.1 Å². The molecule has 30 heavy (non-hydrogen) atoms. The summed E-state index contributed by atoms with van der Waals surface area (Å²) in [6.45, 7) is 1.61. The van der Waals surface area contributed by atoms with Gasteiger partial charge in [-0.05, 0) is 41.3 Å². The molecule has 0 bridgehead atoms. The van der Waals surface area contributed by atoms with Crippen LogP contribution in [0.2, 0.25) is 0 Å². The van der Waals surface area contributed by atoms with Gasteiger partial charge in [-0.15, -0.1) is 11.3 Å². The van der Waals surface area contributed by atoms with Gasteiger partial charge in [-0.1, -0.05) is 48.5 Å². The number of rotatable bonds is 5. The summed E-state index contributed by atoms with van der Waals surface area (Å²) >= 11 is 1.75. The van der Waals surface area contributed by atoms with Crippen molar-refractivity contribution in [3.63, 3.8) is 0 Å². The van der Waals surface area contributed by atoms with Crippen LogP contribution in [-0.2, 0) is 11.2 Å². The highest BCUT2D eigenvalue weighted by Crippen LogP contribution is 2.34. The molecule has 5 nitrogen and oxygen atoms in total. The second-order valence-electron chi connectivity index (χ2n) is 7.74. The van der Waals surface area contributed by atoms with E-state index in [0.29, 0.717) is 5.56 Å². The van der Waals surface area contributed by atoms with Gasteiger partial charge in [0.15, 0.2) is 0 Å². The normalized spacial score (nSPS) is 26.6. The molecule has 4 N–H and O–H groups in total. The molecule has 0 spiro atoms. The SMILES string of the molecule is Cc1ccc([C@@H]2O[C@H](CO)[C@@H](O)[C@H](O)[C@H]2O)cc1Cc1ccc(-c2ccccc2)s1. The average molecular weight is 427 g/mol. The number of hydrogen-bond acceptors (Lipinski definition) is 6. The largest absolute Gasteiger partial charge is 0.394 e. The summed E-state index contributed by atoms with van der Waals surface area (Å²) in [6, 6.07) is 20.3. The number of ether oxygens (including phenoxy) is 1. The minimum absolute atomic E-state index is 0.433. The van der Waals surface area contributed by atoms with Crippen LogP contribution >= 0.6 is 11.3 Å². The maximum Gasteiger partial charge on any atom is 0.113 e. The Balaban J connectivity index is 1.57. The highest BCUT2D eigenvalue weighted by molar-refractivity contribution is 7.15. The third kappa shape index (κ3) is 4.21. The molecule has 4 rings (SSSR count). The van der Waals surface area contributed by atoms with Gasteiger partial charge in [0.25, 0.3) is 0 Å². The molecule has 1 aliphatic rings. The van der Waals surface area contributed by atoms with Crippen molar-refractivity contribution in [2.24, 2.45) is 0 Å². The van der Waals surface area contributed by atoms with Crippen molar-refractivity contribution in [3.8, 4) is 10.4 Å². The summed E-state index contributed by atoms with van der Waals surface area (Å²) in [7, 11) is 0. The topological polar surface area (TPSA) is 90.2 Å². The van der Waals surface area contributed by atoms with Gasteiger partial charge >= 0.3 is 0 Å². The number of aliphatic hydroxyl groups is 4. The highest BCUT2D eigenvalue weighted by atomic mass is 32.1. The zero-order chi connectivity index (χ0) is 21.3. The van der Waals surface area contributed by atoms with Crippen LogP contribution in [0, 0.1) is 6.92 Å². The Morgan fingerprint density at radius 1 is 0.900 bits per heavy atom. The van der Waals surface area contributed by atoms with Gasteiger partial charge in [-0.3, -0.25) is 0 Å². The van der Waals surface area contributed by atoms with Crippen LogP contribution < -0.4 is 0 Å². The Labute approximate surface area is 179 Å². The van der Waals surface area contributed by atoms with Crippen LogP contribution in [-0.4, -0.2) is 51.4 Å². The number of hydrogen-bond donors (Lipinski definition) is 4. The van der Waals surface area contributed by atoms with E-state index in [2.05, 4.69) is 24.3 Å². The standard InChI is InChI=1S/C24H26O5S/c1-14-7-8-16(24-23(28)22(27)21(26)19(13-25)29-24)11-17(14)12-18-9-10-20(30-18)15-5-3-2-4-6-15/h2-11,19,21-28H,12-13H2,1H3/t19-,21-,22+,23-,24+/m1/s1. The van der Waals surface area contributed by atoms with E-state index in [0.717, 1.165) is 17.5 Å². The maximum absolute atomic E-state index is 10.4. The number of aliphatic hydroxyl groups excluding tert-OH is 4. The Morgan fingerprint density at radius 3 is 2.40 bits per heavy atom. The first-order valence-electron chi connectivity index (χ1n) is 10.0. The van der Waals surface area contributed by atoms with Crippen molar-refractivity contribution in [3.05, 3.63) is 82.2 Å². The van der Waals surface area contributed by atoms with Crippen LogP contribution in [0.1, 0.15) is 27.7 Å². The van der Waals surface area contributed by atoms with Gasteiger partial charge in [0, 0.05) is 16.2 Å². The van der Waals surface area contributed by atoms with E-state index in [1.807, 2.05) is 43.3 Å². The lowest BCUT2D eigenvalue weighted by molar-refractivity contribution is -0.231. The summed E-state index contributed by atoms with van der Waals surface area (Å²) in [5.74, 6) is 0. The minimum Gasteiger partial charge on any atom is -0.394 e. The molecule has 0 saturated carbocycles. The van der Waals surface area contributed by atoms with Gasteiger partial charge in [-0.25, -0.2) is 0 Å². The Bertz CT molecular complexity index is 984. The van der Waals surface area contributed by atoms with Crippen LogP contribution in [0.4, 0.5) is 0 Å². The van der Waals surface area contributed by atoms with E-state index in [4.69, 9.17) is 4.74 Å². The third-order valence-corrected chi connectivity index (χ3v) is 6.81. The fourth-order valence-corrected chi connectivity index (χ4v) is 4.89. The Morgan fingerprint density at radius 2 is 1.67 bits per heavy atom. The number of thiophene rings is 1. The molecule has 5 atom stereocenters. The molecule has 0 unspecified atom stereocenters. The molecule has 2 aromatic carbocycles. The minimum atomic E-state index is -1.38. The molecule has 1 aliphatic heterocycles. The lowest BCUT2D eigenvalue weighted by Gasteiger charge is -2.40. The van der Waals surface area contributed by atoms with E-state index in [9.17, 15) is 20.4 Å². The zero-order valence-corrected chi connectivity index (χ0v) is 17.5. The quantitative estimate of drug-likeness (QED) is 0.504. The van der Waals surface area contributed by atoms with Gasteiger partial charge in [-0.2, -0.15) is 0 Å². The number of aryl methyl sites for hydroxylation is 1. The third-order valence-electron chi connectivity index (χ3n) is 5.68. The lowest BCUT2D eigenvalue weighted by atomic mass is 9.89. The van der Waals surface area contributed by atoms with E-state index in [1.54, 1.807) is 11.3 Å². The molecule has 6 heteroatoms. The van der Waals surface area contributed by atoms with E-state index in [1.165, 1.54) is 15.3 Å². The molecule has 0 radical (unpaired) electrons. The molecular formula is C24H26O5S. The molecule has 158 valence electrons.